The lowest BCUT2D eigenvalue weighted by Gasteiger charge is -2.14. The third kappa shape index (κ3) is 4.69. The fourth-order valence-electron chi connectivity index (χ4n) is 1.50. The molecule has 0 amide bonds. The van der Waals surface area contributed by atoms with Crippen LogP contribution in [0.4, 0.5) is 0 Å². The molecule has 1 unspecified atom stereocenters. The molecule has 5 heteroatoms. The molecule has 0 saturated heterocycles. The molecule has 0 saturated carbocycles. The third-order valence-corrected chi connectivity index (χ3v) is 4.31. The van der Waals surface area contributed by atoms with Crippen molar-refractivity contribution in [3.05, 3.63) is 29.8 Å². The van der Waals surface area contributed by atoms with E-state index < -0.39 is 9.84 Å². The van der Waals surface area contributed by atoms with Crippen LogP contribution in [0.1, 0.15) is 18.5 Å². The zero-order chi connectivity index (χ0) is 12.9. The van der Waals surface area contributed by atoms with Crippen LogP contribution >= 0.6 is 11.8 Å². The molecule has 17 heavy (non-hydrogen) atoms. The fourth-order valence-corrected chi connectivity index (χ4v) is 2.45. The van der Waals surface area contributed by atoms with Crippen molar-refractivity contribution in [2.24, 2.45) is 0 Å². The van der Waals surface area contributed by atoms with Crippen molar-refractivity contribution in [3.8, 4) is 0 Å². The number of sulfone groups is 1. The first kappa shape index (κ1) is 14.5. The Bertz CT molecular complexity index is 440. The topological polar surface area (TPSA) is 46.2 Å². The Labute approximate surface area is 108 Å². The molecule has 0 aromatic heterocycles. The van der Waals surface area contributed by atoms with Gasteiger partial charge in [0.25, 0.3) is 0 Å². The van der Waals surface area contributed by atoms with E-state index in [2.05, 4.69) is 18.5 Å². The summed E-state index contributed by atoms with van der Waals surface area (Å²) in [6, 6.07) is 7.31. The third-order valence-electron chi connectivity index (χ3n) is 2.56. The van der Waals surface area contributed by atoms with E-state index in [1.54, 1.807) is 23.9 Å². The summed E-state index contributed by atoms with van der Waals surface area (Å²) < 4.78 is 22.6. The van der Waals surface area contributed by atoms with Gasteiger partial charge in [-0.25, -0.2) is 8.42 Å². The van der Waals surface area contributed by atoms with E-state index in [1.807, 2.05) is 12.1 Å². The number of thioether (sulfide) groups is 1. The van der Waals surface area contributed by atoms with Crippen molar-refractivity contribution in [2.75, 3.05) is 24.8 Å². The normalized spacial score (nSPS) is 13.6. The summed E-state index contributed by atoms with van der Waals surface area (Å²) in [5, 5.41) is 3.39. The summed E-state index contributed by atoms with van der Waals surface area (Å²) in [5.74, 6) is 1.08. The van der Waals surface area contributed by atoms with Gasteiger partial charge in [0.05, 0.1) is 4.90 Å². The summed E-state index contributed by atoms with van der Waals surface area (Å²) in [5.41, 5.74) is 1.11. The zero-order valence-electron chi connectivity index (χ0n) is 10.4. The number of hydrogen-bond acceptors (Lipinski definition) is 4. The number of rotatable bonds is 6. The molecule has 3 nitrogen and oxygen atoms in total. The van der Waals surface area contributed by atoms with E-state index in [4.69, 9.17) is 0 Å². The van der Waals surface area contributed by atoms with Gasteiger partial charge in [-0.05, 0) is 30.9 Å². The zero-order valence-corrected chi connectivity index (χ0v) is 12.1. The lowest BCUT2D eigenvalue weighted by molar-refractivity contribution is 0.597. The Balaban J connectivity index is 2.67. The van der Waals surface area contributed by atoms with Crippen molar-refractivity contribution in [3.63, 3.8) is 0 Å². The van der Waals surface area contributed by atoms with Gasteiger partial charge in [0.2, 0.25) is 0 Å². The van der Waals surface area contributed by atoms with Crippen molar-refractivity contribution in [1.29, 1.82) is 0 Å². The lowest BCUT2D eigenvalue weighted by atomic mass is 10.1. The molecule has 96 valence electrons. The Morgan fingerprint density at radius 1 is 1.29 bits per heavy atom. The predicted molar refractivity (Wildman–Crippen MR) is 74.4 cm³/mol. The molecule has 1 atom stereocenters. The van der Waals surface area contributed by atoms with Crippen molar-refractivity contribution in [1.82, 2.24) is 5.32 Å². The smallest absolute Gasteiger partial charge is 0.175 e. The van der Waals surface area contributed by atoms with Crippen molar-refractivity contribution >= 4 is 21.6 Å². The van der Waals surface area contributed by atoms with Crippen molar-refractivity contribution < 1.29 is 8.42 Å². The summed E-state index contributed by atoms with van der Waals surface area (Å²) in [6.45, 7) is 3.03. The number of benzene rings is 1. The maximum Gasteiger partial charge on any atom is 0.175 e. The van der Waals surface area contributed by atoms with Gasteiger partial charge in [0.15, 0.2) is 9.84 Å². The largest absolute Gasteiger partial charge is 0.309 e. The number of hydrogen-bond donors (Lipinski definition) is 1. The van der Waals surface area contributed by atoms with Gasteiger partial charge in [-0.1, -0.05) is 12.1 Å². The standard InChI is InChI=1S/C12H19NO2S2/c1-10(13-8-9-16-2)11-4-6-12(7-5-11)17(3,14)15/h4-7,10,13H,8-9H2,1-3H3. The molecule has 0 aliphatic rings. The van der Waals surface area contributed by atoms with Crippen LogP contribution < -0.4 is 5.32 Å². The van der Waals surface area contributed by atoms with E-state index in [1.165, 1.54) is 6.26 Å². The molecule has 1 aromatic carbocycles. The highest BCUT2D eigenvalue weighted by Crippen LogP contribution is 2.16. The Morgan fingerprint density at radius 2 is 1.88 bits per heavy atom. The molecule has 0 aliphatic carbocycles. The van der Waals surface area contributed by atoms with Crippen LogP contribution in [0.5, 0.6) is 0 Å². The van der Waals surface area contributed by atoms with Crippen LogP contribution in [0.2, 0.25) is 0 Å². The first-order valence-electron chi connectivity index (χ1n) is 5.47. The van der Waals surface area contributed by atoms with Crippen LogP contribution in [0, 0.1) is 0 Å². The minimum atomic E-state index is -3.09. The molecule has 1 rings (SSSR count). The second kappa shape index (κ2) is 6.42. The SMILES string of the molecule is CSCCNC(C)c1ccc(S(C)(=O)=O)cc1. The van der Waals surface area contributed by atoms with Gasteiger partial charge in [0.1, 0.15) is 0 Å². The van der Waals surface area contributed by atoms with Crippen LogP contribution in [0.3, 0.4) is 0 Å². The van der Waals surface area contributed by atoms with Crippen molar-refractivity contribution in [2.45, 2.75) is 17.9 Å². The van der Waals surface area contributed by atoms with E-state index in [-0.39, 0.29) is 6.04 Å². The Kier molecular flexibility index (Phi) is 5.49. The summed E-state index contributed by atoms with van der Waals surface area (Å²) in [6.07, 6.45) is 3.30. The van der Waals surface area contributed by atoms with Crippen LogP contribution in [0.25, 0.3) is 0 Å². The second-order valence-electron chi connectivity index (χ2n) is 4.01. The summed E-state index contributed by atoms with van der Waals surface area (Å²) >= 11 is 1.80. The van der Waals surface area contributed by atoms with Crippen LogP contribution in [-0.2, 0) is 9.84 Å². The van der Waals surface area contributed by atoms with Gasteiger partial charge in [-0.2, -0.15) is 11.8 Å². The molecule has 0 heterocycles. The highest BCUT2D eigenvalue weighted by Gasteiger charge is 2.08. The number of nitrogens with one attached hydrogen (secondary N) is 1. The lowest BCUT2D eigenvalue weighted by Crippen LogP contribution is -2.21. The first-order valence-corrected chi connectivity index (χ1v) is 8.76. The molecule has 0 aliphatic heterocycles. The average molecular weight is 273 g/mol. The van der Waals surface area contributed by atoms with Crippen LogP contribution in [0.15, 0.2) is 29.2 Å². The van der Waals surface area contributed by atoms with Gasteiger partial charge in [-0.15, -0.1) is 0 Å². The second-order valence-corrected chi connectivity index (χ2v) is 7.01. The van der Waals surface area contributed by atoms with E-state index in [0.717, 1.165) is 17.9 Å². The molecule has 0 bridgehead atoms. The Morgan fingerprint density at radius 3 is 2.35 bits per heavy atom. The molecule has 0 radical (unpaired) electrons. The highest BCUT2D eigenvalue weighted by atomic mass is 32.2. The van der Waals surface area contributed by atoms with Gasteiger partial charge in [0, 0.05) is 24.6 Å². The van der Waals surface area contributed by atoms with Crippen LogP contribution in [-0.4, -0.2) is 33.2 Å². The molecule has 1 aromatic rings. The molecule has 1 N–H and O–H groups in total. The van der Waals surface area contributed by atoms with E-state index in [9.17, 15) is 8.42 Å². The van der Waals surface area contributed by atoms with E-state index in [0.29, 0.717) is 4.90 Å². The predicted octanol–water partition coefficient (Wildman–Crippen LogP) is 2.10. The Hall–Kier alpha value is -0.520. The first-order chi connectivity index (χ1) is 7.95. The highest BCUT2D eigenvalue weighted by molar-refractivity contribution is 7.98. The molecular weight excluding hydrogens is 254 g/mol. The minimum absolute atomic E-state index is 0.246. The fraction of sp³-hybridized carbons (Fsp3) is 0.500. The summed E-state index contributed by atoms with van der Waals surface area (Å²) in [7, 11) is -3.09. The minimum Gasteiger partial charge on any atom is -0.309 e. The molecule has 0 fully saturated rings. The molecule has 0 spiro atoms. The average Bonchev–Trinajstić information content (AvgIpc) is 2.28. The van der Waals surface area contributed by atoms with Gasteiger partial charge < -0.3 is 5.32 Å². The summed E-state index contributed by atoms with van der Waals surface area (Å²) in [4.78, 5) is 0.373. The van der Waals surface area contributed by atoms with E-state index >= 15 is 0 Å². The maximum atomic E-state index is 11.3. The van der Waals surface area contributed by atoms with Gasteiger partial charge in [-0.3, -0.25) is 0 Å². The monoisotopic (exact) mass is 273 g/mol. The molecular formula is C12H19NO2S2. The maximum absolute atomic E-state index is 11.3. The quantitative estimate of drug-likeness (QED) is 0.806. The van der Waals surface area contributed by atoms with Gasteiger partial charge >= 0.3 is 0 Å².